The number of amides is 1. The number of aromatic amines is 1. The molecule has 6 heteroatoms. The van der Waals surface area contributed by atoms with Crippen molar-refractivity contribution in [3.63, 3.8) is 0 Å². The number of H-pyrrole nitrogens is 1. The molecule has 1 aromatic carbocycles. The number of carbonyl (C=O) groups excluding carboxylic acids is 1. The maximum Gasteiger partial charge on any atom is 0.410 e. The Morgan fingerprint density at radius 2 is 2.14 bits per heavy atom. The fraction of sp³-hybridized carbons (Fsp3) is 0.438. The minimum Gasteiger partial charge on any atom is -0.444 e. The van der Waals surface area contributed by atoms with Crippen LogP contribution in [0.2, 0.25) is 0 Å². The van der Waals surface area contributed by atoms with Crippen molar-refractivity contribution in [2.75, 3.05) is 6.54 Å². The van der Waals surface area contributed by atoms with Crippen LogP contribution in [-0.2, 0) is 17.7 Å². The Kier molecular flexibility index (Phi) is 3.60. The van der Waals surface area contributed by atoms with E-state index in [-0.39, 0.29) is 6.09 Å². The molecule has 1 amide bonds. The van der Waals surface area contributed by atoms with E-state index >= 15 is 0 Å². The molecule has 0 unspecified atom stereocenters. The third-order valence-corrected chi connectivity index (χ3v) is 3.58. The zero-order valence-corrected chi connectivity index (χ0v) is 13.1. The van der Waals surface area contributed by atoms with Crippen LogP contribution in [0.25, 0.3) is 11.3 Å². The molecule has 0 saturated heterocycles. The van der Waals surface area contributed by atoms with Crippen molar-refractivity contribution in [3.05, 3.63) is 35.5 Å². The lowest BCUT2D eigenvalue weighted by Gasteiger charge is -2.31. The third-order valence-electron chi connectivity index (χ3n) is 3.58. The maximum absolute atomic E-state index is 12.2. The zero-order chi connectivity index (χ0) is 15.7. The molecule has 116 valence electrons. The Bertz CT molecular complexity index is 674. The molecule has 2 aromatic rings. The Balaban J connectivity index is 1.76. The van der Waals surface area contributed by atoms with E-state index < -0.39 is 5.60 Å². The van der Waals surface area contributed by atoms with Gasteiger partial charge in [0.15, 0.2) is 0 Å². The van der Waals surface area contributed by atoms with E-state index in [2.05, 4.69) is 27.5 Å². The number of carbonyl (C=O) groups is 1. The molecule has 0 atom stereocenters. The third kappa shape index (κ3) is 3.10. The molecule has 0 bridgehead atoms. The molecule has 1 aromatic heterocycles. The smallest absolute Gasteiger partial charge is 0.410 e. The lowest BCUT2D eigenvalue weighted by atomic mass is 9.96. The first kappa shape index (κ1) is 14.6. The SMILES string of the molecule is CC(C)(C)OC(=O)N1CCc2cc(-c3cn[nH]n3)ccc2C1. The molecule has 0 spiro atoms. The number of benzene rings is 1. The molecular weight excluding hydrogens is 280 g/mol. The monoisotopic (exact) mass is 300 g/mol. The summed E-state index contributed by atoms with van der Waals surface area (Å²) < 4.78 is 5.44. The summed E-state index contributed by atoms with van der Waals surface area (Å²) in [5.74, 6) is 0. The Hall–Kier alpha value is -2.37. The molecule has 3 rings (SSSR count). The van der Waals surface area contributed by atoms with Crippen LogP contribution in [0.5, 0.6) is 0 Å². The molecule has 1 aliphatic rings. The molecule has 0 fully saturated rings. The fourth-order valence-electron chi connectivity index (χ4n) is 2.54. The van der Waals surface area contributed by atoms with Crippen LogP contribution in [0, 0.1) is 0 Å². The molecule has 1 N–H and O–H groups in total. The number of hydrogen-bond acceptors (Lipinski definition) is 4. The van der Waals surface area contributed by atoms with Gasteiger partial charge in [0, 0.05) is 18.7 Å². The van der Waals surface area contributed by atoms with E-state index in [0.717, 1.165) is 23.2 Å². The summed E-state index contributed by atoms with van der Waals surface area (Å²) in [6.45, 7) is 6.90. The van der Waals surface area contributed by atoms with E-state index in [1.54, 1.807) is 11.1 Å². The Labute approximate surface area is 129 Å². The number of nitrogens with one attached hydrogen (secondary N) is 1. The van der Waals surface area contributed by atoms with Crippen LogP contribution < -0.4 is 0 Å². The summed E-state index contributed by atoms with van der Waals surface area (Å²) in [6.07, 6.45) is 2.27. The zero-order valence-electron chi connectivity index (χ0n) is 13.1. The van der Waals surface area contributed by atoms with Crippen molar-refractivity contribution < 1.29 is 9.53 Å². The van der Waals surface area contributed by atoms with Gasteiger partial charge in [-0.1, -0.05) is 12.1 Å². The average Bonchev–Trinajstić information content (AvgIpc) is 2.98. The van der Waals surface area contributed by atoms with Gasteiger partial charge in [0.25, 0.3) is 0 Å². The molecule has 0 aliphatic carbocycles. The van der Waals surface area contributed by atoms with Gasteiger partial charge in [-0.15, -0.1) is 0 Å². The highest BCUT2D eigenvalue weighted by molar-refractivity contribution is 5.69. The number of aromatic nitrogens is 3. The van der Waals surface area contributed by atoms with E-state index in [9.17, 15) is 4.79 Å². The molecule has 0 radical (unpaired) electrons. The summed E-state index contributed by atoms with van der Waals surface area (Å²) >= 11 is 0. The second kappa shape index (κ2) is 5.44. The van der Waals surface area contributed by atoms with Gasteiger partial charge >= 0.3 is 6.09 Å². The minimum absolute atomic E-state index is 0.251. The summed E-state index contributed by atoms with van der Waals surface area (Å²) in [7, 11) is 0. The van der Waals surface area contributed by atoms with Gasteiger partial charge in [-0.3, -0.25) is 0 Å². The van der Waals surface area contributed by atoms with E-state index in [0.29, 0.717) is 13.1 Å². The van der Waals surface area contributed by atoms with Gasteiger partial charge in [0.05, 0.1) is 6.20 Å². The first-order valence-corrected chi connectivity index (χ1v) is 7.38. The van der Waals surface area contributed by atoms with E-state index in [1.807, 2.05) is 26.8 Å². The second-order valence-corrected chi connectivity index (χ2v) is 6.49. The quantitative estimate of drug-likeness (QED) is 0.879. The van der Waals surface area contributed by atoms with Crippen LogP contribution in [0.4, 0.5) is 4.79 Å². The molecule has 1 aliphatic heterocycles. The van der Waals surface area contributed by atoms with Crippen molar-refractivity contribution in [1.29, 1.82) is 0 Å². The van der Waals surface area contributed by atoms with Crippen LogP contribution in [0.15, 0.2) is 24.4 Å². The predicted octanol–water partition coefficient (Wildman–Crippen LogP) is 2.76. The maximum atomic E-state index is 12.2. The number of rotatable bonds is 1. The highest BCUT2D eigenvalue weighted by Crippen LogP contribution is 2.25. The Morgan fingerprint density at radius 1 is 1.32 bits per heavy atom. The average molecular weight is 300 g/mol. The van der Waals surface area contributed by atoms with Crippen molar-refractivity contribution in [1.82, 2.24) is 20.3 Å². The Morgan fingerprint density at radius 3 is 2.82 bits per heavy atom. The number of hydrogen-bond donors (Lipinski definition) is 1. The number of fused-ring (bicyclic) bond motifs is 1. The number of ether oxygens (including phenoxy) is 1. The van der Waals surface area contributed by atoms with Crippen LogP contribution in [-0.4, -0.2) is 38.5 Å². The lowest BCUT2D eigenvalue weighted by molar-refractivity contribution is 0.0224. The fourth-order valence-corrected chi connectivity index (χ4v) is 2.54. The van der Waals surface area contributed by atoms with Crippen LogP contribution >= 0.6 is 0 Å². The molecule has 0 saturated carbocycles. The predicted molar refractivity (Wildman–Crippen MR) is 82.2 cm³/mol. The van der Waals surface area contributed by atoms with Gasteiger partial charge in [0.2, 0.25) is 0 Å². The van der Waals surface area contributed by atoms with Crippen LogP contribution in [0.3, 0.4) is 0 Å². The van der Waals surface area contributed by atoms with E-state index in [4.69, 9.17) is 4.74 Å². The largest absolute Gasteiger partial charge is 0.444 e. The van der Waals surface area contributed by atoms with Crippen LogP contribution in [0.1, 0.15) is 31.9 Å². The van der Waals surface area contributed by atoms with Gasteiger partial charge in [-0.05, 0) is 44.4 Å². The van der Waals surface area contributed by atoms with Gasteiger partial charge in [-0.25, -0.2) is 4.79 Å². The molecule has 6 nitrogen and oxygen atoms in total. The first-order chi connectivity index (χ1) is 10.4. The summed E-state index contributed by atoms with van der Waals surface area (Å²) in [6, 6.07) is 6.19. The first-order valence-electron chi connectivity index (χ1n) is 7.38. The summed E-state index contributed by atoms with van der Waals surface area (Å²) in [4.78, 5) is 13.9. The second-order valence-electron chi connectivity index (χ2n) is 6.49. The van der Waals surface area contributed by atoms with Crippen molar-refractivity contribution in [2.45, 2.75) is 39.3 Å². The van der Waals surface area contributed by atoms with E-state index in [1.165, 1.54) is 5.56 Å². The van der Waals surface area contributed by atoms with Gasteiger partial charge in [0.1, 0.15) is 11.3 Å². The van der Waals surface area contributed by atoms with Crippen molar-refractivity contribution in [2.24, 2.45) is 0 Å². The highest BCUT2D eigenvalue weighted by Gasteiger charge is 2.25. The van der Waals surface area contributed by atoms with Crippen molar-refractivity contribution >= 4 is 6.09 Å². The minimum atomic E-state index is -0.464. The normalized spacial score (nSPS) is 14.6. The van der Waals surface area contributed by atoms with Gasteiger partial charge in [-0.2, -0.15) is 15.4 Å². The number of nitrogens with zero attached hydrogens (tertiary/aromatic N) is 3. The molecule has 22 heavy (non-hydrogen) atoms. The topological polar surface area (TPSA) is 71.1 Å². The highest BCUT2D eigenvalue weighted by atomic mass is 16.6. The molecule has 2 heterocycles. The summed E-state index contributed by atoms with van der Waals surface area (Å²) in [5.41, 5.74) is 3.81. The van der Waals surface area contributed by atoms with Gasteiger partial charge < -0.3 is 9.64 Å². The standard InChI is InChI=1S/C16H20N4O2/c1-16(2,3)22-15(21)20-7-6-11-8-12(4-5-13(11)10-20)14-9-17-19-18-14/h4-5,8-9H,6-7,10H2,1-3H3,(H,17,18,19). The van der Waals surface area contributed by atoms with Crippen molar-refractivity contribution in [3.8, 4) is 11.3 Å². The lowest BCUT2D eigenvalue weighted by Crippen LogP contribution is -2.39. The molecular formula is C16H20N4O2. The summed E-state index contributed by atoms with van der Waals surface area (Å²) in [5, 5.41) is 10.6.